The van der Waals surface area contributed by atoms with E-state index in [1.54, 1.807) is 0 Å². The minimum Gasteiger partial charge on any atom is -0.491 e. The zero-order chi connectivity index (χ0) is 25.3. The first-order valence-electron chi connectivity index (χ1n) is 13.6. The highest BCUT2D eigenvalue weighted by Crippen LogP contribution is 2.42. The molecule has 3 aliphatic rings. The van der Waals surface area contributed by atoms with Crippen LogP contribution in [0.3, 0.4) is 0 Å². The molecule has 4 unspecified atom stereocenters. The molecule has 1 aliphatic carbocycles. The minimum atomic E-state index is 0.0268. The third-order valence-electron chi connectivity index (χ3n) is 7.52. The number of hydrogen-bond donors (Lipinski definition) is 0. The van der Waals surface area contributed by atoms with Gasteiger partial charge >= 0.3 is 0 Å². The van der Waals surface area contributed by atoms with E-state index in [1.165, 1.54) is 16.7 Å². The van der Waals surface area contributed by atoms with Gasteiger partial charge in [0.05, 0.1) is 13.2 Å². The van der Waals surface area contributed by atoms with Gasteiger partial charge in [-0.15, -0.1) is 0 Å². The zero-order valence-electron chi connectivity index (χ0n) is 22.6. The molecule has 2 aromatic carbocycles. The molecule has 0 bridgehead atoms. The Morgan fingerprint density at radius 2 is 1.69 bits per heavy atom. The van der Waals surface area contributed by atoms with Crippen molar-refractivity contribution in [1.29, 1.82) is 0 Å². The summed E-state index contributed by atoms with van der Waals surface area (Å²) in [5.74, 6) is 2.44. The smallest absolute Gasteiger partial charge is 0.132 e. The molecule has 0 N–H and O–H groups in total. The Morgan fingerprint density at radius 1 is 0.944 bits per heavy atom. The maximum atomic E-state index is 6.65. The fourth-order valence-electron chi connectivity index (χ4n) is 5.94. The topological polar surface area (TPSA) is 43.5 Å². The van der Waals surface area contributed by atoms with Gasteiger partial charge in [0.15, 0.2) is 0 Å². The molecule has 4 heteroatoms. The van der Waals surface area contributed by atoms with E-state index < -0.39 is 0 Å². The van der Waals surface area contributed by atoms with Crippen LogP contribution in [0.25, 0.3) is 5.57 Å². The van der Waals surface area contributed by atoms with Crippen molar-refractivity contribution >= 4 is 5.57 Å². The van der Waals surface area contributed by atoms with Crippen molar-refractivity contribution in [3.8, 4) is 11.5 Å². The average Bonchev–Trinajstić information content (AvgIpc) is 3.75. The summed E-state index contributed by atoms with van der Waals surface area (Å²) >= 11 is 0. The highest BCUT2D eigenvalue weighted by molar-refractivity contribution is 5.67. The molecular formula is C32H42O4. The Balaban J connectivity index is 1.22. The van der Waals surface area contributed by atoms with E-state index in [9.17, 15) is 0 Å². The van der Waals surface area contributed by atoms with Crippen molar-refractivity contribution in [1.82, 2.24) is 0 Å². The first kappa shape index (κ1) is 25.4. The Labute approximate surface area is 217 Å². The highest BCUT2D eigenvalue weighted by Gasteiger charge is 2.46. The predicted molar refractivity (Wildman–Crippen MR) is 145 cm³/mol. The van der Waals surface area contributed by atoms with Crippen molar-refractivity contribution in [2.24, 2.45) is 10.8 Å². The van der Waals surface area contributed by atoms with Gasteiger partial charge in [-0.25, -0.2) is 0 Å². The van der Waals surface area contributed by atoms with Crippen molar-refractivity contribution in [3.63, 3.8) is 0 Å². The maximum absolute atomic E-state index is 6.65. The van der Waals surface area contributed by atoms with Crippen LogP contribution < -0.4 is 9.47 Å². The summed E-state index contributed by atoms with van der Waals surface area (Å²) in [4.78, 5) is 0. The fourth-order valence-corrected chi connectivity index (χ4v) is 5.94. The second-order valence-electron chi connectivity index (χ2n) is 12.7. The highest BCUT2D eigenvalue weighted by atomic mass is 16.6. The monoisotopic (exact) mass is 490 g/mol. The van der Waals surface area contributed by atoms with Crippen LogP contribution in [0.15, 0.2) is 54.6 Å². The molecule has 5 rings (SSSR count). The lowest BCUT2D eigenvalue weighted by Gasteiger charge is -2.38. The number of ether oxygens (including phenoxy) is 4. The van der Waals surface area contributed by atoms with E-state index in [-0.39, 0.29) is 23.0 Å². The Kier molecular flexibility index (Phi) is 7.20. The second kappa shape index (κ2) is 10.2. The van der Waals surface area contributed by atoms with Gasteiger partial charge < -0.3 is 18.9 Å². The summed E-state index contributed by atoms with van der Waals surface area (Å²) in [7, 11) is 0. The third-order valence-corrected chi connectivity index (χ3v) is 7.52. The lowest BCUT2D eigenvalue weighted by Crippen LogP contribution is -2.41. The molecule has 2 aromatic rings. The van der Waals surface area contributed by atoms with Crippen LogP contribution in [0.4, 0.5) is 0 Å². The molecule has 0 spiro atoms. The second-order valence-corrected chi connectivity index (χ2v) is 12.7. The fraction of sp³-hybridized carbons (Fsp3) is 0.562. The van der Waals surface area contributed by atoms with Crippen LogP contribution in [0, 0.1) is 10.8 Å². The average molecular weight is 491 g/mol. The van der Waals surface area contributed by atoms with Crippen LogP contribution in [0.5, 0.6) is 11.5 Å². The van der Waals surface area contributed by atoms with Gasteiger partial charge in [0.2, 0.25) is 0 Å². The lowest BCUT2D eigenvalue weighted by molar-refractivity contribution is 0.0205. The largest absolute Gasteiger partial charge is 0.491 e. The third kappa shape index (κ3) is 6.72. The van der Waals surface area contributed by atoms with Gasteiger partial charge in [-0.2, -0.15) is 0 Å². The van der Waals surface area contributed by atoms with E-state index in [1.807, 2.05) is 0 Å². The van der Waals surface area contributed by atoms with Crippen LogP contribution in [-0.4, -0.2) is 38.1 Å². The molecule has 4 nitrogen and oxygen atoms in total. The summed E-state index contributed by atoms with van der Waals surface area (Å²) in [6, 6.07) is 17.3. The van der Waals surface area contributed by atoms with Crippen LogP contribution in [0.1, 0.15) is 77.3 Å². The molecular weight excluding hydrogens is 448 g/mol. The number of rotatable bonds is 10. The first-order chi connectivity index (χ1) is 17.2. The van der Waals surface area contributed by atoms with Gasteiger partial charge in [-0.05, 0) is 78.0 Å². The summed E-state index contributed by atoms with van der Waals surface area (Å²) < 4.78 is 23.4. The van der Waals surface area contributed by atoms with Crippen molar-refractivity contribution in [2.75, 3.05) is 19.8 Å². The van der Waals surface area contributed by atoms with E-state index >= 15 is 0 Å². The molecule has 2 saturated heterocycles. The molecule has 0 saturated carbocycles. The lowest BCUT2D eigenvalue weighted by atomic mass is 9.72. The molecule has 2 heterocycles. The summed E-state index contributed by atoms with van der Waals surface area (Å²) in [5, 5.41) is 0. The van der Waals surface area contributed by atoms with Crippen LogP contribution in [-0.2, 0) is 9.47 Å². The molecule has 2 fully saturated rings. The number of hydrogen-bond acceptors (Lipinski definition) is 4. The van der Waals surface area contributed by atoms with Gasteiger partial charge in [0.25, 0.3) is 0 Å². The Hall–Kier alpha value is -2.30. The van der Waals surface area contributed by atoms with Crippen molar-refractivity contribution in [3.05, 3.63) is 65.7 Å². The van der Waals surface area contributed by atoms with E-state index in [0.717, 1.165) is 50.4 Å². The molecule has 0 amide bonds. The quantitative estimate of drug-likeness (QED) is 0.325. The standard InChI is InChI=1S/C32H42O4/c1-31(2,3)21-32(4,5)30(29-20-35-29)36-27-8-6-7-25(17-27)24-11-9-22(10-12-24)23-13-15-26(16-14-23)33-18-28-19-34-28/h6-8,11,13-17,22,28-30H,9-10,12,18-21H2,1-5H3. The molecule has 0 radical (unpaired) electrons. The molecule has 194 valence electrons. The summed E-state index contributed by atoms with van der Waals surface area (Å²) in [6.45, 7) is 13.8. The summed E-state index contributed by atoms with van der Waals surface area (Å²) in [6.07, 6.45) is 7.35. The first-order valence-corrected chi connectivity index (χ1v) is 13.6. The minimum absolute atomic E-state index is 0.0268. The zero-order valence-corrected chi connectivity index (χ0v) is 22.6. The number of allylic oxidation sites excluding steroid dienone is 2. The molecule has 36 heavy (non-hydrogen) atoms. The van der Waals surface area contributed by atoms with Gasteiger partial charge in [-0.1, -0.05) is 65.0 Å². The van der Waals surface area contributed by atoms with E-state index in [4.69, 9.17) is 18.9 Å². The molecule has 4 atom stereocenters. The predicted octanol–water partition coefficient (Wildman–Crippen LogP) is 7.42. The SMILES string of the molecule is CC(C)(C)CC(C)(C)C(Oc1cccc(C2=CCC(c3ccc(OCC4CO4)cc3)CC2)c1)C1CO1. The van der Waals surface area contributed by atoms with Gasteiger partial charge in [-0.3, -0.25) is 0 Å². The van der Waals surface area contributed by atoms with Gasteiger partial charge in [0.1, 0.15) is 36.4 Å². The maximum Gasteiger partial charge on any atom is 0.132 e. The Bertz CT molecular complexity index is 1050. The summed E-state index contributed by atoms with van der Waals surface area (Å²) in [5.41, 5.74) is 4.37. The van der Waals surface area contributed by atoms with Crippen LogP contribution in [0.2, 0.25) is 0 Å². The number of benzene rings is 2. The van der Waals surface area contributed by atoms with Crippen molar-refractivity contribution in [2.45, 2.75) is 84.5 Å². The van der Waals surface area contributed by atoms with Gasteiger partial charge in [0, 0.05) is 5.41 Å². The molecule has 2 aliphatic heterocycles. The van der Waals surface area contributed by atoms with E-state index in [2.05, 4.69) is 89.2 Å². The van der Waals surface area contributed by atoms with Crippen LogP contribution >= 0.6 is 0 Å². The normalized spacial score (nSPS) is 24.6. The Morgan fingerprint density at radius 3 is 2.31 bits per heavy atom. The van der Waals surface area contributed by atoms with Crippen molar-refractivity contribution < 1.29 is 18.9 Å². The van der Waals surface area contributed by atoms with E-state index in [0.29, 0.717) is 18.6 Å². The molecule has 0 aromatic heterocycles. The number of epoxide rings is 2.